The summed E-state index contributed by atoms with van der Waals surface area (Å²) in [5, 5.41) is 3.46. The molecule has 1 aromatic heterocycles. The number of aromatic nitrogens is 2. The number of methoxy groups -OCH3 is 1. The Morgan fingerprint density at radius 2 is 2.57 bits per heavy atom. The minimum absolute atomic E-state index is 0.220. The zero-order valence-corrected chi connectivity index (χ0v) is 8.71. The van der Waals surface area contributed by atoms with E-state index in [0.717, 1.165) is 25.1 Å². The van der Waals surface area contributed by atoms with E-state index in [-0.39, 0.29) is 12.1 Å². The molecular weight excluding hydrogens is 178 g/mol. The van der Waals surface area contributed by atoms with Crippen LogP contribution < -0.4 is 5.32 Å². The predicted octanol–water partition coefficient (Wildman–Crippen LogP) is 1.02. The van der Waals surface area contributed by atoms with Gasteiger partial charge in [-0.2, -0.15) is 0 Å². The third-order valence-corrected chi connectivity index (χ3v) is 2.86. The summed E-state index contributed by atoms with van der Waals surface area (Å²) in [7, 11) is 1.76. The highest BCUT2D eigenvalue weighted by molar-refractivity contribution is 5.20. The number of fused-ring (bicyclic) bond motifs is 1. The van der Waals surface area contributed by atoms with Crippen molar-refractivity contribution in [3.8, 4) is 0 Å². The van der Waals surface area contributed by atoms with Gasteiger partial charge in [0.25, 0.3) is 0 Å². The average molecular weight is 195 g/mol. The summed E-state index contributed by atoms with van der Waals surface area (Å²) in [4.78, 5) is 7.54. The summed E-state index contributed by atoms with van der Waals surface area (Å²) in [5.41, 5.74) is 2.38. The highest BCUT2D eigenvalue weighted by Gasteiger charge is 2.28. The van der Waals surface area contributed by atoms with Crippen LogP contribution in [0.25, 0.3) is 0 Å². The highest BCUT2D eigenvalue weighted by atomic mass is 16.5. The van der Waals surface area contributed by atoms with Crippen LogP contribution >= 0.6 is 0 Å². The second-order valence-electron chi connectivity index (χ2n) is 3.63. The second kappa shape index (κ2) is 4.11. The first kappa shape index (κ1) is 9.68. The van der Waals surface area contributed by atoms with Crippen LogP contribution in [-0.2, 0) is 11.2 Å². The second-order valence-corrected chi connectivity index (χ2v) is 3.63. The fraction of sp³-hybridized carbons (Fsp3) is 0.700. The molecule has 0 saturated heterocycles. The number of aromatic amines is 1. The molecule has 0 amide bonds. The number of H-pyrrole nitrogens is 1. The standard InChI is InChI=1S/C10H17N3O/c1-3-8(14-2)10-9-7(4-5-11-10)12-6-13-9/h6,8,10-11H,3-5H2,1-2H3,(H,12,13). The SMILES string of the molecule is CCC(OC)C1NCCc2[nH]cnc21. The smallest absolute Gasteiger partial charge is 0.0925 e. The molecule has 0 spiro atoms. The van der Waals surface area contributed by atoms with Crippen molar-refractivity contribution in [1.29, 1.82) is 0 Å². The largest absolute Gasteiger partial charge is 0.379 e. The first-order chi connectivity index (χ1) is 6.86. The first-order valence-electron chi connectivity index (χ1n) is 5.15. The van der Waals surface area contributed by atoms with Gasteiger partial charge in [-0.1, -0.05) is 6.92 Å². The quantitative estimate of drug-likeness (QED) is 0.757. The van der Waals surface area contributed by atoms with Gasteiger partial charge in [0.15, 0.2) is 0 Å². The number of ether oxygens (including phenoxy) is 1. The van der Waals surface area contributed by atoms with Gasteiger partial charge in [-0.05, 0) is 6.42 Å². The zero-order valence-electron chi connectivity index (χ0n) is 8.71. The van der Waals surface area contributed by atoms with Crippen LogP contribution in [0.15, 0.2) is 6.33 Å². The van der Waals surface area contributed by atoms with Gasteiger partial charge in [0.1, 0.15) is 0 Å². The summed E-state index contributed by atoms with van der Waals surface area (Å²) in [6.07, 6.45) is 4.02. The minimum atomic E-state index is 0.220. The van der Waals surface area contributed by atoms with E-state index in [4.69, 9.17) is 4.74 Å². The fourth-order valence-corrected chi connectivity index (χ4v) is 2.10. The number of hydrogen-bond acceptors (Lipinski definition) is 3. The van der Waals surface area contributed by atoms with Gasteiger partial charge < -0.3 is 15.0 Å². The molecule has 2 N–H and O–H groups in total. The van der Waals surface area contributed by atoms with Crippen LogP contribution in [0.4, 0.5) is 0 Å². The van der Waals surface area contributed by atoms with Crippen LogP contribution in [0.3, 0.4) is 0 Å². The van der Waals surface area contributed by atoms with E-state index in [1.165, 1.54) is 5.69 Å². The molecule has 0 aromatic carbocycles. The number of imidazole rings is 1. The molecule has 1 aromatic rings. The van der Waals surface area contributed by atoms with E-state index in [2.05, 4.69) is 22.2 Å². The van der Waals surface area contributed by atoms with Crippen molar-refractivity contribution >= 4 is 0 Å². The van der Waals surface area contributed by atoms with Gasteiger partial charge in [0.05, 0.1) is 24.2 Å². The van der Waals surface area contributed by atoms with Crippen molar-refractivity contribution in [2.24, 2.45) is 0 Å². The van der Waals surface area contributed by atoms with Crippen LogP contribution in [0.1, 0.15) is 30.8 Å². The average Bonchev–Trinajstić information content (AvgIpc) is 2.68. The number of rotatable bonds is 3. The molecule has 14 heavy (non-hydrogen) atoms. The Labute approximate surface area is 84.1 Å². The predicted molar refractivity (Wildman–Crippen MR) is 54.1 cm³/mol. The lowest BCUT2D eigenvalue weighted by Crippen LogP contribution is -2.38. The molecule has 1 aliphatic rings. The number of nitrogens with zero attached hydrogens (tertiary/aromatic N) is 1. The Hall–Kier alpha value is -0.870. The molecule has 2 atom stereocenters. The Kier molecular flexibility index (Phi) is 2.84. The summed E-state index contributed by atoms with van der Waals surface area (Å²) in [6, 6.07) is 0.250. The zero-order chi connectivity index (χ0) is 9.97. The maximum absolute atomic E-state index is 5.45. The lowest BCUT2D eigenvalue weighted by Gasteiger charge is -2.28. The third kappa shape index (κ3) is 1.55. The molecule has 78 valence electrons. The summed E-state index contributed by atoms with van der Waals surface area (Å²) in [5.74, 6) is 0. The van der Waals surface area contributed by atoms with Crippen LogP contribution in [0.2, 0.25) is 0 Å². The number of hydrogen-bond donors (Lipinski definition) is 2. The normalized spacial score (nSPS) is 23.1. The van der Waals surface area contributed by atoms with E-state index in [9.17, 15) is 0 Å². The molecule has 1 aliphatic heterocycles. The van der Waals surface area contributed by atoms with Crippen molar-refractivity contribution in [2.75, 3.05) is 13.7 Å². The van der Waals surface area contributed by atoms with Gasteiger partial charge in [-0.15, -0.1) is 0 Å². The highest BCUT2D eigenvalue weighted by Crippen LogP contribution is 2.25. The molecule has 4 nitrogen and oxygen atoms in total. The van der Waals surface area contributed by atoms with Crippen molar-refractivity contribution in [3.63, 3.8) is 0 Å². The molecule has 0 aliphatic carbocycles. The Balaban J connectivity index is 2.22. The topological polar surface area (TPSA) is 49.9 Å². The monoisotopic (exact) mass is 195 g/mol. The van der Waals surface area contributed by atoms with Gasteiger partial charge in [0.2, 0.25) is 0 Å². The molecule has 0 bridgehead atoms. The maximum atomic E-state index is 5.45. The van der Waals surface area contributed by atoms with Crippen LogP contribution in [-0.4, -0.2) is 29.7 Å². The van der Waals surface area contributed by atoms with E-state index < -0.39 is 0 Å². The van der Waals surface area contributed by atoms with E-state index in [0.29, 0.717) is 0 Å². The minimum Gasteiger partial charge on any atom is -0.379 e. The third-order valence-electron chi connectivity index (χ3n) is 2.86. The van der Waals surface area contributed by atoms with Crippen molar-refractivity contribution in [2.45, 2.75) is 31.9 Å². The molecule has 2 unspecified atom stereocenters. The molecular formula is C10H17N3O. The summed E-state index contributed by atoms with van der Waals surface area (Å²) >= 11 is 0. The van der Waals surface area contributed by atoms with Crippen molar-refractivity contribution in [3.05, 3.63) is 17.7 Å². The molecule has 2 heterocycles. The van der Waals surface area contributed by atoms with Crippen molar-refractivity contribution < 1.29 is 4.74 Å². The summed E-state index contributed by atoms with van der Waals surface area (Å²) in [6.45, 7) is 3.14. The molecule has 0 saturated carbocycles. The van der Waals surface area contributed by atoms with Gasteiger partial charge in [0, 0.05) is 25.8 Å². The number of nitrogens with one attached hydrogen (secondary N) is 2. The lowest BCUT2D eigenvalue weighted by atomic mass is 9.99. The lowest BCUT2D eigenvalue weighted by molar-refractivity contribution is 0.0617. The Bertz CT molecular complexity index is 293. The van der Waals surface area contributed by atoms with Gasteiger partial charge in [-0.3, -0.25) is 0 Å². The Morgan fingerprint density at radius 1 is 1.71 bits per heavy atom. The molecule has 0 radical (unpaired) electrons. The van der Waals surface area contributed by atoms with E-state index in [1.807, 2.05) is 0 Å². The van der Waals surface area contributed by atoms with E-state index >= 15 is 0 Å². The maximum Gasteiger partial charge on any atom is 0.0925 e. The fourth-order valence-electron chi connectivity index (χ4n) is 2.10. The van der Waals surface area contributed by atoms with Gasteiger partial charge in [-0.25, -0.2) is 4.98 Å². The first-order valence-corrected chi connectivity index (χ1v) is 5.15. The summed E-state index contributed by atoms with van der Waals surface area (Å²) < 4.78 is 5.45. The van der Waals surface area contributed by atoms with Crippen molar-refractivity contribution in [1.82, 2.24) is 15.3 Å². The Morgan fingerprint density at radius 3 is 3.29 bits per heavy atom. The molecule has 2 rings (SSSR count). The molecule has 4 heteroatoms. The molecule has 0 fully saturated rings. The van der Waals surface area contributed by atoms with Gasteiger partial charge >= 0.3 is 0 Å². The van der Waals surface area contributed by atoms with Crippen LogP contribution in [0, 0.1) is 0 Å². The van der Waals surface area contributed by atoms with Crippen LogP contribution in [0.5, 0.6) is 0 Å². The van der Waals surface area contributed by atoms with E-state index in [1.54, 1.807) is 13.4 Å².